The number of unbranched alkanes of at least 4 members (excludes halogenated alkanes) is 14. The van der Waals surface area contributed by atoms with E-state index < -0.39 is 127 Å². The van der Waals surface area contributed by atoms with Gasteiger partial charge in [0.25, 0.3) is 0 Å². The molecule has 26 heteroatoms. The maximum Gasteiger partial charge on any atom is 0.326 e. The van der Waals surface area contributed by atoms with Gasteiger partial charge in [0.1, 0.15) is 23.9 Å². The molecule has 0 spiro atoms. The Hall–Kier alpha value is -6.67. The largest absolute Gasteiger partial charge is 0.481 e. The van der Waals surface area contributed by atoms with Crippen molar-refractivity contribution < 1.29 is 83.1 Å². The zero-order chi connectivity index (χ0) is 62.2. The summed E-state index contributed by atoms with van der Waals surface area (Å²) >= 11 is 0. The van der Waals surface area contributed by atoms with Crippen LogP contribution in [0.2, 0.25) is 0 Å². The van der Waals surface area contributed by atoms with Crippen molar-refractivity contribution >= 4 is 70.7 Å². The van der Waals surface area contributed by atoms with Crippen LogP contribution in [0, 0.1) is 11.8 Å². The molecule has 14 N–H and O–H groups in total. The maximum atomic E-state index is 13.3. The highest BCUT2D eigenvalue weighted by Gasteiger charge is 2.33. The number of imidazole rings is 1. The van der Waals surface area contributed by atoms with Gasteiger partial charge < -0.3 is 68.2 Å². The number of carboxylic acid groups (broad SMARTS) is 3. The molecule has 1 aromatic rings. The number of aliphatic hydroxyl groups is 2. The number of H-pyrrole nitrogens is 1. The topological polar surface area (TPSA) is 433 Å². The molecule has 83 heavy (non-hydrogen) atoms. The van der Waals surface area contributed by atoms with Crippen molar-refractivity contribution in [1.82, 2.24) is 41.9 Å². The Kier molecular flexibility index (Phi) is 38.6. The molecule has 0 aliphatic rings. The number of amides is 6. The minimum Gasteiger partial charge on any atom is -0.481 e. The van der Waals surface area contributed by atoms with Crippen molar-refractivity contribution in [2.75, 3.05) is 26.2 Å². The van der Waals surface area contributed by atoms with Gasteiger partial charge >= 0.3 is 17.9 Å². The van der Waals surface area contributed by atoms with Gasteiger partial charge in [-0.3, -0.25) is 52.7 Å². The van der Waals surface area contributed by atoms with Gasteiger partial charge in [-0.2, -0.15) is 0 Å². The summed E-state index contributed by atoms with van der Waals surface area (Å²) in [5, 5.41) is 63.0. The summed E-state index contributed by atoms with van der Waals surface area (Å²) < 4.78 is 0. The van der Waals surface area contributed by atoms with Crippen molar-refractivity contribution in [3.63, 3.8) is 0 Å². The molecule has 6 atom stereocenters. The van der Waals surface area contributed by atoms with Crippen LogP contribution in [0.4, 0.5) is 0 Å². The normalized spacial score (nSPS) is 13.5. The second kappa shape index (κ2) is 43.0. The standard InChI is InChI=1S/C57H95N9O17/c1-38(68)52(53(58)78)65-54(79)39(23-27-46(71)57(2,3)66-49(74)29-25-41-33-60-37-62-41)20-18-19-31-61-50(75)35-59-34-45(70)44(36-67)64-48(73)30-26-43(56(82)83)63-47(72)28-24-40(55(80)81)32-42(69)21-16-14-12-10-8-6-4-5-7-9-11-13-15-17-22-51(76)77/h33,37-40,43-44,52,59,67-68H,4-32,34-36H2,1-3H3,(H2,58,78)(H,60,62)(H,61,75)(H,63,72)(H,64,73)(H,65,79)(H,66,74)(H,76,77)(H,80,81)(H,82,83)/t38-,39-,40-,43+,44+,52+/m1/s1. The van der Waals surface area contributed by atoms with E-state index in [9.17, 15) is 78.0 Å². The lowest BCUT2D eigenvalue weighted by Gasteiger charge is -2.26. The van der Waals surface area contributed by atoms with Crippen molar-refractivity contribution in [1.29, 1.82) is 0 Å². The number of hydrogen-bond acceptors (Lipinski definition) is 16. The van der Waals surface area contributed by atoms with Crippen LogP contribution in [0.25, 0.3) is 0 Å². The third kappa shape index (κ3) is 35.8. The van der Waals surface area contributed by atoms with Crippen LogP contribution in [0.15, 0.2) is 12.5 Å². The number of carboxylic acids is 3. The molecule has 0 fully saturated rings. The number of rotatable bonds is 52. The zero-order valence-corrected chi connectivity index (χ0v) is 48.9. The first kappa shape index (κ1) is 74.3. The number of carbonyl (C=O) groups excluding carboxylic acids is 9. The van der Waals surface area contributed by atoms with Crippen molar-refractivity contribution in [2.45, 2.75) is 230 Å². The molecular weight excluding hydrogens is 1080 g/mol. The molecule has 470 valence electrons. The zero-order valence-electron chi connectivity index (χ0n) is 48.9. The molecule has 26 nitrogen and oxygen atoms in total. The maximum absolute atomic E-state index is 13.3. The van der Waals surface area contributed by atoms with Crippen LogP contribution in [0.1, 0.15) is 200 Å². The molecule has 0 unspecified atom stereocenters. The van der Waals surface area contributed by atoms with Crippen LogP contribution in [-0.2, 0) is 64.0 Å². The summed E-state index contributed by atoms with van der Waals surface area (Å²) in [6, 6.07) is -4.37. The van der Waals surface area contributed by atoms with Gasteiger partial charge in [0, 0.05) is 69.3 Å². The van der Waals surface area contributed by atoms with Crippen LogP contribution in [0.5, 0.6) is 0 Å². The molecule has 1 heterocycles. The number of nitrogens with zero attached hydrogens (tertiary/aromatic N) is 1. The third-order valence-corrected chi connectivity index (χ3v) is 14.2. The fraction of sp³-hybridized carbons (Fsp3) is 0.737. The van der Waals surface area contributed by atoms with Gasteiger partial charge in [-0.25, -0.2) is 9.78 Å². The number of aromatic nitrogens is 2. The Bertz CT molecular complexity index is 2190. The van der Waals surface area contributed by atoms with Crippen molar-refractivity contribution in [2.24, 2.45) is 17.6 Å². The number of aliphatic carboxylic acids is 3. The summed E-state index contributed by atoms with van der Waals surface area (Å²) in [6.07, 6.45) is 16.1. The van der Waals surface area contributed by atoms with Gasteiger partial charge in [-0.05, 0) is 72.1 Å². The second-order valence-electron chi connectivity index (χ2n) is 21.9. The predicted molar refractivity (Wildman–Crippen MR) is 304 cm³/mol. The first-order valence-electron chi connectivity index (χ1n) is 29.3. The molecule has 6 amide bonds. The number of nitrogens with one attached hydrogen (secondary N) is 7. The van der Waals surface area contributed by atoms with E-state index in [0.29, 0.717) is 25.7 Å². The minimum absolute atomic E-state index is 0.0297. The summed E-state index contributed by atoms with van der Waals surface area (Å²) in [5.41, 5.74) is 4.86. The molecule has 0 radical (unpaired) electrons. The Morgan fingerprint density at radius 1 is 0.602 bits per heavy atom. The number of ketones is 3. The molecule has 1 aromatic heterocycles. The highest BCUT2D eigenvalue weighted by atomic mass is 16.4. The van der Waals surface area contributed by atoms with E-state index in [1.807, 2.05) is 0 Å². The van der Waals surface area contributed by atoms with Crippen LogP contribution >= 0.6 is 0 Å². The highest BCUT2D eigenvalue weighted by molar-refractivity contribution is 5.94. The number of aryl methyl sites for hydroxylation is 1. The Morgan fingerprint density at radius 3 is 1.67 bits per heavy atom. The first-order valence-corrected chi connectivity index (χ1v) is 29.3. The van der Waals surface area contributed by atoms with E-state index in [2.05, 4.69) is 41.9 Å². The lowest BCUT2D eigenvalue weighted by molar-refractivity contribution is -0.145. The molecule has 0 aliphatic carbocycles. The molecule has 0 saturated carbocycles. The second-order valence-corrected chi connectivity index (χ2v) is 21.9. The van der Waals surface area contributed by atoms with Crippen molar-refractivity contribution in [3.8, 4) is 0 Å². The fourth-order valence-corrected chi connectivity index (χ4v) is 9.11. The van der Waals surface area contributed by atoms with E-state index in [0.717, 1.165) is 63.5 Å². The lowest BCUT2D eigenvalue weighted by atomic mass is 9.89. The summed E-state index contributed by atoms with van der Waals surface area (Å²) in [5.74, 6) is -10.8. The molecule has 0 aliphatic heterocycles. The lowest BCUT2D eigenvalue weighted by Crippen LogP contribution is -2.52. The SMILES string of the molecule is C[C@@H](O)[C@H](NC(=O)[C@H](CCCCNC(=O)CNCC(=O)[C@H](CO)NC(=O)CC[C@H](NC(=O)CC[C@H](CC(=O)CCCCCCCCCCCCCCCCC(=O)O)C(=O)O)C(=O)O)CCC(=O)C(C)(C)NC(=O)CCc1cnc[nH]1)C(N)=O. The fourth-order valence-electron chi connectivity index (χ4n) is 9.11. The predicted octanol–water partition coefficient (Wildman–Crippen LogP) is 2.59. The minimum atomic E-state index is -1.56. The third-order valence-electron chi connectivity index (χ3n) is 14.2. The van der Waals surface area contributed by atoms with E-state index >= 15 is 0 Å². The van der Waals surface area contributed by atoms with Gasteiger partial charge in [-0.1, -0.05) is 83.5 Å². The van der Waals surface area contributed by atoms with E-state index in [1.165, 1.54) is 38.9 Å². The average molecular weight is 1180 g/mol. The number of aromatic amines is 1. The Morgan fingerprint density at radius 2 is 1.16 bits per heavy atom. The van der Waals surface area contributed by atoms with Gasteiger partial charge in [0.2, 0.25) is 35.4 Å². The first-order chi connectivity index (χ1) is 39.4. The average Bonchev–Trinajstić information content (AvgIpc) is 3.96. The molecule has 0 bridgehead atoms. The number of aliphatic hydroxyl groups excluding tert-OH is 2. The monoisotopic (exact) mass is 1180 g/mol. The molecule has 0 aromatic carbocycles. The Labute approximate surface area is 486 Å². The highest BCUT2D eigenvalue weighted by Crippen LogP contribution is 2.21. The van der Waals surface area contributed by atoms with Crippen LogP contribution in [-0.4, -0.2) is 162 Å². The Balaban J connectivity index is 2.46. The summed E-state index contributed by atoms with van der Waals surface area (Å²) in [7, 11) is 0. The molecule has 1 rings (SSSR count). The van der Waals surface area contributed by atoms with E-state index in [4.69, 9.17) is 10.8 Å². The number of carbonyl (C=O) groups is 12. The summed E-state index contributed by atoms with van der Waals surface area (Å²) in [4.78, 5) is 156. The van der Waals surface area contributed by atoms with Gasteiger partial charge in [0.15, 0.2) is 11.6 Å². The quantitative estimate of drug-likeness (QED) is 0.0417. The smallest absolute Gasteiger partial charge is 0.326 e. The van der Waals surface area contributed by atoms with E-state index in [-0.39, 0.29) is 81.9 Å². The number of hydrogen-bond donors (Lipinski definition) is 13. The van der Waals surface area contributed by atoms with Gasteiger partial charge in [-0.15, -0.1) is 0 Å². The van der Waals surface area contributed by atoms with Crippen molar-refractivity contribution in [3.05, 3.63) is 18.2 Å². The van der Waals surface area contributed by atoms with E-state index in [1.54, 1.807) is 20.0 Å². The van der Waals surface area contributed by atoms with Crippen LogP contribution in [0.3, 0.4) is 0 Å². The number of Topliss-reactive ketones (excluding diaryl/α,β-unsaturated/α-hetero) is 3. The van der Waals surface area contributed by atoms with Crippen LogP contribution < -0.4 is 37.6 Å². The molecule has 0 saturated heterocycles. The summed E-state index contributed by atoms with van der Waals surface area (Å²) in [6.45, 7) is 2.89. The van der Waals surface area contributed by atoms with Gasteiger partial charge in [0.05, 0.1) is 43.6 Å². The molecular formula is C57H95N9O17. The number of nitrogens with two attached hydrogens (primary N) is 1. The number of primary amides is 1.